The predicted octanol–water partition coefficient (Wildman–Crippen LogP) is 26.3. The maximum Gasteiger partial charge on any atom is 0.0754 e. The van der Waals surface area contributed by atoms with E-state index in [1.165, 1.54) is 238 Å². The third kappa shape index (κ3) is 6.50. The Morgan fingerprint density at radius 1 is 0.155 bits per heavy atom. The van der Waals surface area contributed by atoms with Gasteiger partial charge in [0.15, 0.2) is 0 Å². The van der Waals surface area contributed by atoms with Crippen LogP contribution < -0.4 is 0 Å². The summed E-state index contributed by atoms with van der Waals surface area (Å²) in [5.41, 5.74) is 39.8. The molecule has 3 aliphatic heterocycles. The van der Waals surface area contributed by atoms with Crippen LogP contribution in [0.1, 0.15) is 66.8 Å². The standard InChI is InChI=1S/C107H61N3/c1-8-44-81-64(27-1)65-28-2-9-45-82(65)105(81)91-54-25-42-75-68-31-7-16-58-95(68)110(103(75)91)104-78(43-26-55-92(104)105)98-71-36-19-34-62(69-38-21-50-87-99(69)76-32-3-10-46-83(76)106(87)85-48-12-17-59-96(85)108-93-56-14-5-29-66(93)73-40-23-52-89(106)101(73)108)79(71)61-80-63(35-20-37-72(80)98)70-39-22-51-88-100(70)77-33-4-11-47-84(77)107(88)86-49-13-18-60-97(86)109-94-57-15-6-30-67(94)74-41-24-53-90(107)102(74)109/h1-61H. The molecular formula is C107H61N3. The normalized spacial score (nSPS) is 16.3. The maximum absolute atomic E-state index is 2.68. The Morgan fingerprint density at radius 3 is 0.900 bits per heavy atom. The van der Waals surface area contributed by atoms with Crippen LogP contribution in [0.3, 0.4) is 0 Å². The van der Waals surface area contributed by atoms with Gasteiger partial charge in [-0.1, -0.05) is 334 Å². The van der Waals surface area contributed by atoms with Crippen LogP contribution in [-0.2, 0) is 16.2 Å². The molecular weight excluding hydrogens is 1330 g/mol. The Hall–Kier alpha value is -14.1. The van der Waals surface area contributed by atoms with E-state index in [0.717, 1.165) is 0 Å². The number of rotatable bonds is 3. The first-order valence-electron chi connectivity index (χ1n) is 38.7. The predicted molar refractivity (Wildman–Crippen MR) is 453 cm³/mol. The summed E-state index contributed by atoms with van der Waals surface area (Å²) in [4.78, 5) is 0. The number of hydrogen-bond donors (Lipinski definition) is 0. The average molecular weight is 1390 g/mol. The molecule has 110 heavy (non-hydrogen) atoms. The van der Waals surface area contributed by atoms with E-state index in [1.54, 1.807) is 0 Å². The molecule has 0 fully saturated rings. The van der Waals surface area contributed by atoms with Crippen molar-refractivity contribution in [3.05, 3.63) is 437 Å². The minimum Gasteiger partial charge on any atom is -0.309 e. The molecule has 0 saturated heterocycles. The van der Waals surface area contributed by atoms with Gasteiger partial charge in [0.2, 0.25) is 0 Å². The van der Waals surface area contributed by atoms with Gasteiger partial charge in [-0.2, -0.15) is 0 Å². The molecule has 0 amide bonds. The molecule has 3 heteroatoms. The van der Waals surface area contributed by atoms with Gasteiger partial charge in [0.25, 0.3) is 0 Å². The lowest BCUT2D eigenvalue weighted by Crippen LogP contribution is -2.33. The largest absolute Gasteiger partial charge is 0.309 e. The number of hydrogen-bond acceptors (Lipinski definition) is 0. The summed E-state index contributed by atoms with van der Waals surface area (Å²) < 4.78 is 7.80. The van der Waals surface area contributed by atoms with Crippen LogP contribution in [0.5, 0.6) is 0 Å². The highest BCUT2D eigenvalue weighted by Gasteiger charge is 2.55. The van der Waals surface area contributed by atoms with Crippen LogP contribution in [0, 0.1) is 0 Å². The fourth-order valence-electron chi connectivity index (χ4n) is 23.4. The minimum absolute atomic E-state index is 0.641. The number of aromatic nitrogens is 3. The highest BCUT2D eigenvalue weighted by Crippen LogP contribution is 2.68. The summed E-state index contributed by atoms with van der Waals surface area (Å²) in [5, 5.41) is 12.4. The van der Waals surface area contributed by atoms with Gasteiger partial charge in [-0.15, -0.1) is 0 Å². The molecule has 3 nitrogen and oxygen atoms in total. The van der Waals surface area contributed by atoms with Gasteiger partial charge < -0.3 is 13.7 Å². The smallest absolute Gasteiger partial charge is 0.0754 e. The lowest BCUT2D eigenvalue weighted by Gasteiger charge is -2.40. The molecule has 2 unspecified atom stereocenters. The van der Waals surface area contributed by atoms with Crippen molar-refractivity contribution in [3.63, 3.8) is 0 Å². The average Bonchev–Trinajstić information content (AvgIpc) is 1.44. The van der Waals surface area contributed by atoms with Crippen LogP contribution in [-0.4, -0.2) is 13.7 Å². The van der Waals surface area contributed by atoms with Crippen molar-refractivity contribution in [2.24, 2.45) is 0 Å². The lowest BCUT2D eigenvalue weighted by molar-refractivity contribution is 0.748. The molecule has 504 valence electrons. The second kappa shape index (κ2) is 20.3. The SMILES string of the molecule is c1ccc2c(c1)-c1c(-c3cccc4c(-c5cccc6c5-n5c7ccccc7c7cccc(c75)C65c6ccccc6-c6ccccc65)c5cccc(-c6cccc7c6-c6ccccc6C76c7ccccc7-n7c8ccccc8c8cccc6c87)c5cc34)cccc1C21c2ccccc2-n2c3ccccc3c3cccc1c32. The molecule has 6 aliphatic rings. The molecule has 0 bridgehead atoms. The first-order chi connectivity index (χ1) is 54.7. The van der Waals surface area contributed by atoms with Crippen molar-refractivity contribution in [2.45, 2.75) is 16.2 Å². The summed E-state index contributed by atoms with van der Waals surface area (Å²) in [6.07, 6.45) is 0. The third-order valence-corrected chi connectivity index (χ3v) is 27.0. The zero-order valence-corrected chi connectivity index (χ0v) is 59.6. The molecule has 21 aromatic rings. The summed E-state index contributed by atoms with van der Waals surface area (Å²) in [7, 11) is 0. The van der Waals surface area contributed by atoms with Gasteiger partial charge in [0.1, 0.15) is 0 Å². The second-order valence-electron chi connectivity index (χ2n) is 31.3. The summed E-state index contributed by atoms with van der Waals surface area (Å²) >= 11 is 0. The van der Waals surface area contributed by atoms with E-state index < -0.39 is 16.2 Å². The van der Waals surface area contributed by atoms with Gasteiger partial charge in [-0.3, -0.25) is 0 Å². The first kappa shape index (κ1) is 58.1. The Kier molecular flexibility index (Phi) is 10.7. The number of para-hydroxylation sites is 9. The highest BCUT2D eigenvalue weighted by atomic mass is 15.0. The van der Waals surface area contributed by atoms with Crippen molar-refractivity contribution in [1.29, 1.82) is 0 Å². The Balaban J connectivity index is 0.791. The quantitative estimate of drug-likeness (QED) is 0.157. The zero-order valence-electron chi connectivity index (χ0n) is 59.6. The monoisotopic (exact) mass is 1390 g/mol. The van der Waals surface area contributed by atoms with Crippen LogP contribution in [0.4, 0.5) is 0 Å². The van der Waals surface area contributed by atoms with Crippen LogP contribution in [0.2, 0.25) is 0 Å². The van der Waals surface area contributed by atoms with Gasteiger partial charge in [0, 0.05) is 37.9 Å². The van der Waals surface area contributed by atoms with E-state index in [-0.39, 0.29) is 0 Å². The molecule has 6 heterocycles. The topological polar surface area (TPSA) is 14.8 Å². The Bertz CT molecular complexity index is 7510. The molecule has 3 spiro atoms. The zero-order chi connectivity index (χ0) is 71.2. The van der Waals surface area contributed by atoms with E-state index >= 15 is 0 Å². The van der Waals surface area contributed by atoms with Crippen molar-refractivity contribution < 1.29 is 0 Å². The van der Waals surface area contributed by atoms with Gasteiger partial charge in [-0.05, 0) is 186 Å². The third-order valence-electron chi connectivity index (χ3n) is 27.0. The van der Waals surface area contributed by atoms with E-state index in [9.17, 15) is 0 Å². The Morgan fingerprint density at radius 2 is 0.436 bits per heavy atom. The van der Waals surface area contributed by atoms with Crippen LogP contribution in [0.25, 0.3) is 171 Å². The molecule has 0 saturated carbocycles. The lowest BCUT2D eigenvalue weighted by atomic mass is 9.64. The van der Waals surface area contributed by atoms with Crippen LogP contribution in [0.15, 0.2) is 370 Å². The molecule has 3 aliphatic carbocycles. The summed E-state index contributed by atoms with van der Waals surface area (Å²) in [5.74, 6) is 0. The van der Waals surface area contributed by atoms with Crippen molar-refractivity contribution >= 4 is 87.0 Å². The summed E-state index contributed by atoms with van der Waals surface area (Å²) in [6.45, 7) is 0. The van der Waals surface area contributed by atoms with Gasteiger partial charge in [0.05, 0.1) is 66.4 Å². The molecule has 18 aromatic carbocycles. The summed E-state index contributed by atoms with van der Waals surface area (Å²) in [6, 6.07) is 143. The second-order valence-corrected chi connectivity index (χ2v) is 31.3. The van der Waals surface area contributed by atoms with Crippen molar-refractivity contribution in [3.8, 4) is 83.8 Å². The molecule has 3 aromatic heterocycles. The van der Waals surface area contributed by atoms with Crippen molar-refractivity contribution in [1.82, 2.24) is 13.7 Å². The molecule has 0 radical (unpaired) electrons. The number of benzene rings is 18. The highest BCUT2D eigenvalue weighted by molar-refractivity contribution is 6.24. The van der Waals surface area contributed by atoms with Gasteiger partial charge in [-0.25, -0.2) is 0 Å². The first-order valence-corrected chi connectivity index (χ1v) is 38.7. The van der Waals surface area contributed by atoms with E-state index in [2.05, 4.69) is 384 Å². The van der Waals surface area contributed by atoms with E-state index in [1.807, 2.05) is 0 Å². The maximum atomic E-state index is 2.68. The molecule has 2 atom stereocenters. The Labute approximate surface area is 633 Å². The molecule has 27 rings (SSSR count). The minimum atomic E-state index is -0.659. The van der Waals surface area contributed by atoms with Gasteiger partial charge >= 0.3 is 0 Å². The number of nitrogens with zero attached hydrogens (tertiary/aromatic N) is 3. The fourth-order valence-corrected chi connectivity index (χ4v) is 23.4. The van der Waals surface area contributed by atoms with E-state index in [0.29, 0.717) is 0 Å². The van der Waals surface area contributed by atoms with E-state index in [4.69, 9.17) is 0 Å². The van der Waals surface area contributed by atoms with Crippen LogP contribution >= 0.6 is 0 Å². The fraction of sp³-hybridized carbons (Fsp3) is 0.0280. The van der Waals surface area contributed by atoms with Crippen molar-refractivity contribution in [2.75, 3.05) is 0 Å². The number of fused-ring (bicyclic) bond motifs is 38. The molecule has 0 N–H and O–H groups in total.